The Labute approximate surface area is 119 Å². The molecular weight excluding hydrogens is 269 g/mol. The van der Waals surface area contributed by atoms with Gasteiger partial charge in [0.25, 0.3) is 0 Å². The lowest BCUT2D eigenvalue weighted by Gasteiger charge is -2.19. The summed E-state index contributed by atoms with van der Waals surface area (Å²) in [7, 11) is 1.95. The average Bonchev–Trinajstić information content (AvgIpc) is 2.31. The molecule has 100 valence electrons. The largest absolute Gasteiger partial charge is 0.299 e. The number of nitrogens with zero attached hydrogens (tertiary/aromatic N) is 1. The van der Waals surface area contributed by atoms with Crippen molar-refractivity contribution in [2.24, 2.45) is 5.92 Å². The van der Waals surface area contributed by atoms with E-state index in [2.05, 4.69) is 13.8 Å². The Morgan fingerprint density at radius 2 is 2.06 bits per heavy atom. The van der Waals surface area contributed by atoms with E-state index in [1.54, 1.807) is 18.2 Å². The molecule has 0 heterocycles. The van der Waals surface area contributed by atoms with Gasteiger partial charge in [-0.15, -0.1) is 0 Å². The van der Waals surface area contributed by atoms with E-state index in [1.165, 1.54) is 0 Å². The first kappa shape index (κ1) is 15.5. The molecule has 0 fully saturated rings. The fraction of sp³-hybridized carbons (Fsp3) is 0.500. The van der Waals surface area contributed by atoms with Gasteiger partial charge in [0.1, 0.15) is 0 Å². The predicted molar refractivity (Wildman–Crippen MR) is 77.7 cm³/mol. The molecule has 0 saturated carbocycles. The molecule has 1 rings (SSSR count). The lowest BCUT2D eigenvalue weighted by Crippen LogP contribution is -2.30. The van der Waals surface area contributed by atoms with Crippen LogP contribution in [0.1, 0.15) is 30.6 Å². The van der Waals surface area contributed by atoms with Gasteiger partial charge >= 0.3 is 0 Å². The highest BCUT2D eigenvalue weighted by Gasteiger charge is 2.14. The van der Waals surface area contributed by atoms with Gasteiger partial charge in [0.05, 0.1) is 11.6 Å². The van der Waals surface area contributed by atoms with E-state index in [9.17, 15) is 4.79 Å². The van der Waals surface area contributed by atoms with Gasteiger partial charge in [-0.05, 0) is 31.2 Å². The van der Waals surface area contributed by atoms with E-state index in [4.69, 9.17) is 23.2 Å². The molecule has 0 bridgehead atoms. The Morgan fingerprint density at radius 1 is 1.39 bits per heavy atom. The number of carbonyl (C=O) groups excluding carboxylic acids is 1. The molecule has 1 unspecified atom stereocenters. The van der Waals surface area contributed by atoms with Crippen LogP contribution in [0.4, 0.5) is 0 Å². The van der Waals surface area contributed by atoms with E-state index in [-0.39, 0.29) is 5.78 Å². The van der Waals surface area contributed by atoms with Crippen LogP contribution in [0.2, 0.25) is 10.0 Å². The number of Topliss-reactive ketones (excluding diaryl/α,β-unsaturated/α-hetero) is 1. The summed E-state index contributed by atoms with van der Waals surface area (Å²) in [5, 5.41) is 0.994. The van der Waals surface area contributed by atoms with E-state index in [0.717, 1.165) is 13.0 Å². The number of carbonyl (C=O) groups is 1. The number of halogens is 2. The van der Waals surface area contributed by atoms with Crippen molar-refractivity contribution < 1.29 is 4.79 Å². The molecule has 1 atom stereocenters. The van der Waals surface area contributed by atoms with Crippen LogP contribution < -0.4 is 0 Å². The molecule has 4 heteroatoms. The quantitative estimate of drug-likeness (QED) is 0.733. The zero-order chi connectivity index (χ0) is 13.7. The maximum Gasteiger partial charge on any atom is 0.178 e. The fourth-order valence-electron chi connectivity index (χ4n) is 1.77. The summed E-state index contributed by atoms with van der Waals surface area (Å²) in [5.74, 6) is 0.589. The van der Waals surface area contributed by atoms with Gasteiger partial charge in [-0.1, -0.05) is 43.5 Å². The third-order valence-electron chi connectivity index (χ3n) is 2.96. The smallest absolute Gasteiger partial charge is 0.178 e. The standard InChI is InChI=1S/C14H19Cl2NO/c1-4-10(2)8-17(3)9-14(18)12-7-11(15)5-6-13(12)16/h5-7,10H,4,8-9H2,1-3H3. The topological polar surface area (TPSA) is 20.3 Å². The molecule has 0 spiro atoms. The van der Waals surface area contributed by atoms with Crippen LogP contribution in [0.5, 0.6) is 0 Å². The summed E-state index contributed by atoms with van der Waals surface area (Å²) in [5.41, 5.74) is 0.500. The van der Waals surface area contributed by atoms with Gasteiger partial charge in [-0.3, -0.25) is 9.69 Å². The Hall–Kier alpha value is -0.570. The van der Waals surface area contributed by atoms with Crippen molar-refractivity contribution in [2.45, 2.75) is 20.3 Å². The molecule has 0 radical (unpaired) electrons. The summed E-state index contributed by atoms with van der Waals surface area (Å²) >= 11 is 11.9. The molecule has 0 saturated heterocycles. The summed E-state index contributed by atoms with van der Waals surface area (Å²) in [6, 6.07) is 4.97. The highest BCUT2D eigenvalue weighted by molar-refractivity contribution is 6.36. The van der Waals surface area contributed by atoms with Gasteiger partial charge in [-0.25, -0.2) is 0 Å². The van der Waals surface area contributed by atoms with Crippen LogP contribution in [-0.2, 0) is 0 Å². The lowest BCUT2D eigenvalue weighted by molar-refractivity contribution is 0.0939. The molecule has 1 aromatic carbocycles. The Kier molecular flexibility index (Phi) is 6.13. The molecule has 0 amide bonds. The molecule has 0 aliphatic rings. The number of ketones is 1. The van der Waals surface area contributed by atoms with Crippen LogP contribution >= 0.6 is 23.2 Å². The first-order valence-corrected chi connectivity index (χ1v) is 6.86. The van der Waals surface area contributed by atoms with Gasteiger partial charge < -0.3 is 0 Å². The second-order valence-corrected chi connectivity index (χ2v) is 5.60. The van der Waals surface area contributed by atoms with Crippen molar-refractivity contribution >= 4 is 29.0 Å². The van der Waals surface area contributed by atoms with Crippen LogP contribution in [0.3, 0.4) is 0 Å². The minimum Gasteiger partial charge on any atom is -0.299 e. The van der Waals surface area contributed by atoms with Crippen LogP contribution in [-0.4, -0.2) is 30.8 Å². The molecular formula is C14H19Cl2NO. The predicted octanol–water partition coefficient (Wildman–Crippen LogP) is 4.15. The van der Waals surface area contributed by atoms with Crippen molar-refractivity contribution in [2.75, 3.05) is 20.1 Å². The van der Waals surface area contributed by atoms with Crippen molar-refractivity contribution in [3.05, 3.63) is 33.8 Å². The van der Waals surface area contributed by atoms with Gasteiger partial charge in [0, 0.05) is 17.1 Å². The van der Waals surface area contributed by atoms with Crippen LogP contribution in [0.25, 0.3) is 0 Å². The van der Waals surface area contributed by atoms with Crippen molar-refractivity contribution in [1.82, 2.24) is 4.90 Å². The van der Waals surface area contributed by atoms with Gasteiger partial charge in [0.15, 0.2) is 5.78 Å². The third-order valence-corrected chi connectivity index (χ3v) is 3.53. The van der Waals surface area contributed by atoms with E-state index in [1.807, 2.05) is 11.9 Å². The van der Waals surface area contributed by atoms with E-state index >= 15 is 0 Å². The molecule has 0 N–H and O–H groups in total. The van der Waals surface area contributed by atoms with Crippen molar-refractivity contribution in [1.29, 1.82) is 0 Å². The second-order valence-electron chi connectivity index (χ2n) is 4.76. The van der Waals surface area contributed by atoms with Gasteiger partial charge in [0.2, 0.25) is 0 Å². The Balaban J connectivity index is 2.67. The van der Waals surface area contributed by atoms with Crippen LogP contribution in [0.15, 0.2) is 18.2 Å². The normalized spacial score (nSPS) is 12.8. The van der Waals surface area contributed by atoms with Crippen molar-refractivity contribution in [3.63, 3.8) is 0 Å². The van der Waals surface area contributed by atoms with E-state index in [0.29, 0.717) is 28.1 Å². The fourth-order valence-corrected chi connectivity index (χ4v) is 2.16. The summed E-state index contributed by atoms with van der Waals surface area (Å²) < 4.78 is 0. The minimum atomic E-state index is 0.00769. The molecule has 2 nitrogen and oxygen atoms in total. The zero-order valence-corrected chi connectivity index (χ0v) is 12.6. The third kappa shape index (κ3) is 4.60. The molecule has 0 aromatic heterocycles. The number of likely N-dealkylation sites (N-methyl/N-ethyl adjacent to an activating group) is 1. The first-order valence-electron chi connectivity index (χ1n) is 6.10. The highest BCUT2D eigenvalue weighted by Crippen LogP contribution is 2.21. The SMILES string of the molecule is CCC(C)CN(C)CC(=O)c1cc(Cl)ccc1Cl. The first-order chi connectivity index (χ1) is 8.43. The van der Waals surface area contributed by atoms with Crippen LogP contribution in [0, 0.1) is 5.92 Å². The highest BCUT2D eigenvalue weighted by atomic mass is 35.5. The zero-order valence-electron chi connectivity index (χ0n) is 11.0. The lowest BCUT2D eigenvalue weighted by atomic mass is 10.1. The maximum absolute atomic E-state index is 12.1. The number of hydrogen-bond donors (Lipinski definition) is 0. The van der Waals surface area contributed by atoms with E-state index < -0.39 is 0 Å². The monoisotopic (exact) mass is 287 g/mol. The summed E-state index contributed by atoms with van der Waals surface area (Å²) in [6.45, 7) is 5.59. The molecule has 1 aromatic rings. The summed E-state index contributed by atoms with van der Waals surface area (Å²) in [4.78, 5) is 14.1. The second kappa shape index (κ2) is 7.13. The van der Waals surface area contributed by atoms with Gasteiger partial charge in [-0.2, -0.15) is 0 Å². The number of rotatable bonds is 6. The molecule has 0 aliphatic heterocycles. The minimum absolute atomic E-state index is 0.00769. The molecule has 18 heavy (non-hydrogen) atoms. The Morgan fingerprint density at radius 3 is 2.67 bits per heavy atom. The summed E-state index contributed by atoms with van der Waals surface area (Å²) in [6.07, 6.45) is 1.11. The van der Waals surface area contributed by atoms with Crippen molar-refractivity contribution in [3.8, 4) is 0 Å². The number of benzene rings is 1. The average molecular weight is 288 g/mol. The number of hydrogen-bond acceptors (Lipinski definition) is 2. The Bertz CT molecular complexity index is 420. The molecule has 0 aliphatic carbocycles. The maximum atomic E-state index is 12.1.